The molecular weight excluding hydrogens is 392 g/mol. The van der Waals surface area contributed by atoms with E-state index in [9.17, 15) is 4.79 Å². The van der Waals surface area contributed by atoms with Gasteiger partial charge in [-0.1, -0.05) is 63.3 Å². The first-order chi connectivity index (χ1) is 14.1. The Kier molecular flexibility index (Phi) is 9.32. The molecule has 2 rings (SSSR count). The minimum atomic E-state index is -1.89. The van der Waals surface area contributed by atoms with Gasteiger partial charge in [-0.05, 0) is 49.9 Å². The van der Waals surface area contributed by atoms with Crippen molar-refractivity contribution in [1.29, 1.82) is 0 Å². The summed E-state index contributed by atoms with van der Waals surface area (Å²) in [5.74, 6) is -0.147. The molecule has 4 nitrogen and oxygen atoms in total. The Morgan fingerprint density at radius 1 is 1.07 bits per heavy atom. The monoisotopic (exact) mass is 432 g/mol. The van der Waals surface area contributed by atoms with E-state index in [0.717, 1.165) is 24.8 Å². The summed E-state index contributed by atoms with van der Waals surface area (Å²) < 4.78 is 18.4. The van der Waals surface area contributed by atoms with Gasteiger partial charge < -0.3 is 13.9 Å². The van der Waals surface area contributed by atoms with Gasteiger partial charge in [-0.25, -0.2) is 0 Å². The van der Waals surface area contributed by atoms with Gasteiger partial charge in [0, 0.05) is 12.8 Å². The second-order valence-corrected chi connectivity index (χ2v) is 14.7. The van der Waals surface area contributed by atoms with Crippen LogP contribution < -0.4 is 0 Å². The summed E-state index contributed by atoms with van der Waals surface area (Å²) in [6.45, 7) is 13.8. The van der Waals surface area contributed by atoms with Gasteiger partial charge in [-0.3, -0.25) is 4.79 Å². The van der Waals surface area contributed by atoms with E-state index in [4.69, 9.17) is 13.9 Å². The lowest BCUT2D eigenvalue weighted by Crippen LogP contribution is -2.44. The van der Waals surface area contributed by atoms with Crippen molar-refractivity contribution in [2.24, 2.45) is 0 Å². The van der Waals surface area contributed by atoms with E-state index < -0.39 is 8.32 Å². The summed E-state index contributed by atoms with van der Waals surface area (Å²) >= 11 is 0. The maximum absolute atomic E-state index is 12.4. The highest BCUT2D eigenvalue weighted by Crippen LogP contribution is 2.38. The average molecular weight is 433 g/mol. The highest BCUT2D eigenvalue weighted by molar-refractivity contribution is 6.74. The Morgan fingerprint density at radius 3 is 2.33 bits per heavy atom. The van der Waals surface area contributed by atoms with Crippen LogP contribution in [0.25, 0.3) is 0 Å². The van der Waals surface area contributed by atoms with Crippen LogP contribution >= 0.6 is 0 Å². The summed E-state index contributed by atoms with van der Waals surface area (Å²) in [5, 5.41) is 0.149. The van der Waals surface area contributed by atoms with Gasteiger partial charge in [0.2, 0.25) is 0 Å². The summed E-state index contributed by atoms with van der Waals surface area (Å²) in [4.78, 5) is 12.4. The fourth-order valence-electron chi connectivity index (χ4n) is 3.32. The molecule has 0 N–H and O–H groups in total. The van der Waals surface area contributed by atoms with Crippen molar-refractivity contribution >= 4 is 14.3 Å². The fraction of sp³-hybridized carbons (Fsp3) is 0.640. The molecule has 0 spiro atoms. The second kappa shape index (κ2) is 11.3. The molecular formula is C25H40O4Si. The van der Waals surface area contributed by atoms with E-state index in [-0.39, 0.29) is 29.3 Å². The van der Waals surface area contributed by atoms with Crippen molar-refractivity contribution in [2.45, 2.75) is 103 Å². The van der Waals surface area contributed by atoms with Crippen LogP contribution in [0.4, 0.5) is 0 Å². The van der Waals surface area contributed by atoms with Crippen LogP contribution in [0.15, 0.2) is 42.5 Å². The third kappa shape index (κ3) is 8.36. The molecule has 1 aromatic carbocycles. The molecule has 3 atom stereocenters. The van der Waals surface area contributed by atoms with Crippen molar-refractivity contribution in [2.75, 3.05) is 0 Å². The molecule has 1 unspecified atom stereocenters. The third-order valence-corrected chi connectivity index (χ3v) is 10.7. The number of carbonyl (C=O) groups is 1. The lowest BCUT2D eigenvalue weighted by atomic mass is 10.1. The predicted molar refractivity (Wildman–Crippen MR) is 125 cm³/mol. The van der Waals surface area contributed by atoms with Gasteiger partial charge in [-0.15, -0.1) is 0 Å². The molecule has 0 saturated carbocycles. The maximum atomic E-state index is 12.4. The largest absolute Gasteiger partial charge is 0.463 e. The summed E-state index contributed by atoms with van der Waals surface area (Å²) in [5.41, 5.74) is 1.15. The molecule has 0 radical (unpaired) electrons. The standard InChI is InChI=1S/C25H40O4Si/c1-20-18-23(29-30(5,6)25(2,3)4)15-11-10-14-22(16-17-24(26)28-20)27-19-21-12-8-7-9-13-21/h7-13,20,22-23H,14-19H2,1-6H3/b11-10+/t20-,22?,23-/m0/s1. The number of carbonyl (C=O) groups excluding carboxylic acids is 1. The first kappa shape index (κ1) is 24.8. The Balaban J connectivity index is 2.03. The molecule has 0 saturated heterocycles. The second-order valence-electron chi connectivity index (χ2n) is 9.94. The number of rotatable bonds is 5. The summed E-state index contributed by atoms with van der Waals surface area (Å²) in [7, 11) is -1.89. The fourth-order valence-corrected chi connectivity index (χ4v) is 4.70. The number of benzene rings is 1. The lowest BCUT2D eigenvalue weighted by molar-refractivity contribution is -0.150. The van der Waals surface area contributed by atoms with E-state index in [1.165, 1.54) is 0 Å². The number of ether oxygens (including phenoxy) is 2. The molecule has 0 aliphatic carbocycles. The zero-order valence-electron chi connectivity index (χ0n) is 19.6. The minimum Gasteiger partial charge on any atom is -0.463 e. The summed E-state index contributed by atoms with van der Waals surface area (Å²) in [6.07, 6.45) is 7.74. The van der Waals surface area contributed by atoms with Crippen molar-refractivity contribution in [3.05, 3.63) is 48.0 Å². The summed E-state index contributed by atoms with van der Waals surface area (Å²) in [6, 6.07) is 10.2. The highest BCUT2D eigenvalue weighted by Gasteiger charge is 2.39. The van der Waals surface area contributed by atoms with Crippen molar-refractivity contribution in [3.8, 4) is 0 Å². The van der Waals surface area contributed by atoms with Crippen LogP contribution in [-0.4, -0.2) is 32.6 Å². The molecule has 0 fully saturated rings. The Bertz CT molecular complexity index is 678. The van der Waals surface area contributed by atoms with E-state index in [1.807, 2.05) is 25.1 Å². The topological polar surface area (TPSA) is 44.8 Å². The zero-order valence-corrected chi connectivity index (χ0v) is 20.6. The van der Waals surface area contributed by atoms with Crippen molar-refractivity contribution in [3.63, 3.8) is 0 Å². The lowest BCUT2D eigenvalue weighted by Gasteiger charge is -2.39. The van der Waals surface area contributed by atoms with Crippen LogP contribution in [0.1, 0.15) is 65.4 Å². The van der Waals surface area contributed by atoms with Gasteiger partial charge in [0.15, 0.2) is 8.32 Å². The van der Waals surface area contributed by atoms with Crippen LogP contribution in [0.5, 0.6) is 0 Å². The van der Waals surface area contributed by atoms with E-state index in [0.29, 0.717) is 19.4 Å². The first-order valence-electron chi connectivity index (χ1n) is 11.2. The average Bonchev–Trinajstić information content (AvgIpc) is 2.65. The first-order valence-corrected chi connectivity index (χ1v) is 14.2. The van der Waals surface area contributed by atoms with Crippen LogP contribution in [-0.2, 0) is 25.3 Å². The number of hydrogen-bond acceptors (Lipinski definition) is 4. The molecule has 5 heteroatoms. The maximum Gasteiger partial charge on any atom is 0.306 e. The van der Waals surface area contributed by atoms with Gasteiger partial charge in [0.25, 0.3) is 0 Å². The Hall–Kier alpha value is -1.43. The van der Waals surface area contributed by atoms with Crippen LogP contribution in [0.2, 0.25) is 18.1 Å². The molecule has 1 aliphatic rings. The zero-order chi connectivity index (χ0) is 22.2. The number of cyclic esters (lactones) is 1. The Morgan fingerprint density at radius 2 is 1.70 bits per heavy atom. The Labute approximate surface area is 184 Å². The molecule has 0 bridgehead atoms. The quantitative estimate of drug-likeness (QED) is 0.306. The van der Waals surface area contributed by atoms with E-state index >= 15 is 0 Å². The van der Waals surface area contributed by atoms with Gasteiger partial charge in [-0.2, -0.15) is 0 Å². The van der Waals surface area contributed by atoms with Crippen LogP contribution in [0, 0.1) is 0 Å². The van der Waals surface area contributed by atoms with Crippen LogP contribution in [0.3, 0.4) is 0 Å². The number of hydrogen-bond donors (Lipinski definition) is 0. The molecule has 30 heavy (non-hydrogen) atoms. The van der Waals surface area contributed by atoms with E-state index in [2.05, 4.69) is 58.2 Å². The van der Waals surface area contributed by atoms with Gasteiger partial charge in [0.05, 0.1) is 18.8 Å². The number of esters is 1. The molecule has 168 valence electrons. The smallest absolute Gasteiger partial charge is 0.306 e. The van der Waals surface area contributed by atoms with Crippen molar-refractivity contribution in [1.82, 2.24) is 0 Å². The molecule has 1 aliphatic heterocycles. The molecule has 1 aromatic rings. The normalized spacial score (nSPS) is 25.7. The van der Waals surface area contributed by atoms with Gasteiger partial charge >= 0.3 is 5.97 Å². The third-order valence-electron chi connectivity index (χ3n) is 6.16. The van der Waals surface area contributed by atoms with E-state index in [1.54, 1.807) is 0 Å². The molecule has 1 heterocycles. The predicted octanol–water partition coefficient (Wildman–Crippen LogP) is 6.41. The molecule has 0 amide bonds. The highest BCUT2D eigenvalue weighted by atomic mass is 28.4. The molecule has 0 aromatic heterocycles. The van der Waals surface area contributed by atoms with Gasteiger partial charge in [0.1, 0.15) is 6.10 Å². The minimum absolute atomic E-state index is 0.00324. The SMILES string of the molecule is C[C@H]1C[C@@H](O[Si](C)(C)C(C)(C)C)C/C=C/CC(OCc2ccccc2)CCC(=O)O1. The van der Waals surface area contributed by atoms with Crippen molar-refractivity contribution < 1.29 is 18.7 Å².